The zero-order chi connectivity index (χ0) is 30.2. The van der Waals surface area contributed by atoms with Crippen molar-refractivity contribution in [3.63, 3.8) is 0 Å². The van der Waals surface area contributed by atoms with Gasteiger partial charge >= 0.3 is 11.9 Å². The average molecular weight is 591 g/mol. The van der Waals surface area contributed by atoms with Gasteiger partial charge in [-0.25, -0.2) is 4.79 Å². The topological polar surface area (TPSA) is 120 Å². The number of phenols is 1. The Morgan fingerprint density at radius 1 is 1.05 bits per heavy atom. The lowest BCUT2D eigenvalue weighted by Crippen LogP contribution is -2.58. The van der Waals surface area contributed by atoms with E-state index in [1.165, 1.54) is 43.0 Å². The molecule has 0 amide bonds. The van der Waals surface area contributed by atoms with Crippen LogP contribution >= 0.6 is 0 Å². The highest BCUT2D eigenvalue weighted by Gasteiger charge is 2.54. The Labute approximate surface area is 250 Å². The van der Waals surface area contributed by atoms with Crippen LogP contribution in [0.5, 0.6) is 17.2 Å². The number of hydrogen-bond donors (Lipinski definition) is 2. The number of phenolic OH excluding ortho intramolecular Hbond substituents is 1. The van der Waals surface area contributed by atoms with Gasteiger partial charge in [0.15, 0.2) is 11.5 Å². The molecule has 2 aromatic carbocycles. The maximum Gasteiger partial charge on any atom is 0.331 e. The van der Waals surface area contributed by atoms with E-state index in [4.69, 9.17) is 23.7 Å². The Morgan fingerprint density at radius 3 is 2.63 bits per heavy atom. The van der Waals surface area contributed by atoms with Gasteiger partial charge in [0.25, 0.3) is 0 Å². The third-order valence-electron chi connectivity index (χ3n) is 9.48. The fraction of sp³-hybridized carbons (Fsp3) is 0.455. The van der Waals surface area contributed by atoms with E-state index in [9.17, 15) is 14.7 Å². The van der Waals surface area contributed by atoms with Gasteiger partial charge < -0.3 is 33.8 Å². The Morgan fingerprint density at radius 2 is 1.88 bits per heavy atom. The zero-order valence-corrected chi connectivity index (χ0v) is 24.9. The van der Waals surface area contributed by atoms with Gasteiger partial charge in [-0.2, -0.15) is 0 Å². The van der Waals surface area contributed by atoms with E-state index in [0.717, 1.165) is 37.2 Å². The SMILES string of the molecule is COC(=O)[C@H]1[C@H]2C[C@@H]3c4[nH]c5cc(OC)ccc5c4CCN3C[C@H]2C[C@@H](OC(=O)/C=C\c2ccc(O)c(OC)c2)[C@@H]1OC. The molecule has 1 aliphatic carbocycles. The molecule has 43 heavy (non-hydrogen) atoms. The number of aromatic hydroxyl groups is 1. The number of aromatic amines is 1. The minimum atomic E-state index is -0.638. The van der Waals surface area contributed by atoms with Gasteiger partial charge in [-0.1, -0.05) is 6.07 Å². The highest BCUT2D eigenvalue weighted by Crippen LogP contribution is 2.50. The van der Waals surface area contributed by atoms with Crippen molar-refractivity contribution in [3.05, 3.63) is 59.3 Å². The van der Waals surface area contributed by atoms with Gasteiger partial charge in [-0.05, 0) is 72.6 Å². The minimum absolute atomic E-state index is 0.000466. The van der Waals surface area contributed by atoms with Crippen molar-refractivity contribution in [2.24, 2.45) is 17.8 Å². The van der Waals surface area contributed by atoms with Gasteiger partial charge in [0.05, 0.1) is 33.3 Å². The molecule has 10 nitrogen and oxygen atoms in total. The van der Waals surface area contributed by atoms with Crippen LogP contribution in [0.1, 0.15) is 35.7 Å². The van der Waals surface area contributed by atoms with Crippen LogP contribution in [-0.2, 0) is 30.2 Å². The molecule has 3 aromatic rings. The van der Waals surface area contributed by atoms with E-state index in [-0.39, 0.29) is 29.6 Å². The summed E-state index contributed by atoms with van der Waals surface area (Å²) < 4.78 is 27.7. The minimum Gasteiger partial charge on any atom is -0.504 e. The van der Waals surface area contributed by atoms with Crippen molar-refractivity contribution in [1.82, 2.24) is 9.88 Å². The maximum absolute atomic E-state index is 13.3. The van der Waals surface area contributed by atoms with Crippen LogP contribution in [0, 0.1) is 17.8 Å². The van der Waals surface area contributed by atoms with Crippen LogP contribution in [0.25, 0.3) is 17.0 Å². The highest BCUT2D eigenvalue weighted by atomic mass is 16.6. The molecule has 2 N–H and O–H groups in total. The van der Waals surface area contributed by atoms with Gasteiger partial charge in [0.1, 0.15) is 18.0 Å². The first kappa shape index (κ1) is 29.1. The molecular weight excluding hydrogens is 552 g/mol. The molecule has 2 fully saturated rings. The lowest BCUT2D eigenvalue weighted by molar-refractivity contribution is -0.187. The number of aromatic nitrogens is 1. The molecule has 1 aromatic heterocycles. The molecule has 1 saturated heterocycles. The molecule has 3 heterocycles. The molecule has 0 radical (unpaired) electrons. The molecule has 0 bridgehead atoms. The van der Waals surface area contributed by atoms with Crippen LogP contribution in [0.2, 0.25) is 0 Å². The first-order chi connectivity index (χ1) is 20.8. The quantitative estimate of drug-likeness (QED) is 0.307. The van der Waals surface area contributed by atoms with Crippen LogP contribution in [0.15, 0.2) is 42.5 Å². The van der Waals surface area contributed by atoms with E-state index in [0.29, 0.717) is 17.7 Å². The molecule has 6 atom stereocenters. The smallest absolute Gasteiger partial charge is 0.331 e. The fourth-order valence-electron chi connectivity index (χ4n) is 7.51. The third kappa shape index (κ3) is 5.34. The van der Waals surface area contributed by atoms with Gasteiger partial charge in [0.2, 0.25) is 0 Å². The molecule has 2 aliphatic heterocycles. The second-order valence-electron chi connectivity index (χ2n) is 11.6. The number of benzene rings is 2. The first-order valence-electron chi connectivity index (χ1n) is 14.6. The van der Waals surface area contributed by atoms with Crippen molar-refractivity contribution in [2.45, 2.75) is 37.5 Å². The number of carbonyl (C=O) groups is 2. The lowest BCUT2D eigenvalue weighted by Gasteiger charge is -2.52. The number of nitrogens with zero attached hydrogens (tertiary/aromatic N) is 1. The van der Waals surface area contributed by atoms with Crippen molar-refractivity contribution in [1.29, 1.82) is 0 Å². The van der Waals surface area contributed by atoms with E-state index in [1.54, 1.807) is 32.4 Å². The number of H-pyrrole nitrogens is 1. The standard InChI is InChI=1S/C33H38N2O8/c1-39-20-7-8-21-22-11-12-35-17-19-14-28(43-29(37)10-6-18-5-9-26(36)27(13-18)40-2)32(41-3)30(33(38)42-4)23(19)16-25(35)31(22)34-24(21)15-20/h5-10,13,15,19,23,25,28,30,32,34,36H,11-12,14,16-17H2,1-4H3/b10-6-/t19-,23+,25-,28-,30+,32+/m1/s1. The lowest BCUT2D eigenvalue weighted by atomic mass is 9.63. The molecule has 0 spiro atoms. The zero-order valence-electron chi connectivity index (χ0n) is 24.9. The largest absolute Gasteiger partial charge is 0.504 e. The third-order valence-corrected chi connectivity index (χ3v) is 9.48. The van der Waals surface area contributed by atoms with Crippen LogP contribution in [0.3, 0.4) is 0 Å². The summed E-state index contributed by atoms with van der Waals surface area (Å²) in [6, 6.07) is 11.1. The molecule has 6 rings (SSSR count). The van der Waals surface area contributed by atoms with Crippen molar-refractivity contribution in [2.75, 3.05) is 41.5 Å². The summed E-state index contributed by atoms with van der Waals surface area (Å²) in [6.45, 7) is 1.70. The fourth-order valence-corrected chi connectivity index (χ4v) is 7.51. The summed E-state index contributed by atoms with van der Waals surface area (Å²) in [6.07, 6.45) is 3.98. The van der Waals surface area contributed by atoms with E-state index < -0.39 is 24.1 Å². The number of ether oxygens (including phenoxy) is 5. The molecule has 3 aliphatic rings. The monoisotopic (exact) mass is 590 g/mol. The number of fused-ring (bicyclic) bond motifs is 6. The van der Waals surface area contributed by atoms with Gasteiger partial charge in [-0.3, -0.25) is 9.69 Å². The summed E-state index contributed by atoms with van der Waals surface area (Å²) in [5.74, 6) is -0.200. The predicted octanol–water partition coefficient (Wildman–Crippen LogP) is 4.26. The van der Waals surface area contributed by atoms with Gasteiger partial charge in [-0.15, -0.1) is 0 Å². The Kier molecular flexibility index (Phi) is 8.07. The maximum atomic E-state index is 13.3. The van der Waals surface area contributed by atoms with Crippen LogP contribution in [-0.4, -0.2) is 80.7 Å². The van der Waals surface area contributed by atoms with E-state index in [1.807, 2.05) is 12.1 Å². The van der Waals surface area contributed by atoms with Crippen molar-refractivity contribution in [3.8, 4) is 17.2 Å². The van der Waals surface area contributed by atoms with Gasteiger partial charge in [0, 0.05) is 48.9 Å². The number of hydrogen-bond acceptors (Lipinski definition) is 9. The predicted molar refractivity (Wildman–Crippen MR) is 159 cm³/mol. The highest BCUT2D eigenvalue weighted by molar-refractivity contribution is 5.88. The van der Waals surface area contributed by atoms with Crippen LogP contribution < -0.4 is 9.47 Å². The summed E-state index contributed by atoms with van der Waals surface area (Å²) in [7, 11) is 6.08. The molecular formula is C33H38N2O8. The summed E-state index contributed by atoms with van der Waals surface area (Å²) >= 11 is 0. The number of esters is 2. The number of carbonyl (C=O) groups excluding carboxylic acids is 2. The number of rotatable bonds is 7. The molecule has 1 saturated carbocycles. The number of methoxy groups -OCH3 is 4. The molecule has 10 heteroatoms. The summed E-state index contributed by atoms with van der Waals surface area (Å²) in [4.78, 5) is 32.5. The van der Waals surface area contributed by atoms with Crippen molar-refractivity contribution >= 4 is 28.9 Å². The normalized spacial score (nSPS) is 26.8. The Bertz CT molecular complexity index is 1550. The van der Waals surface area contributed by atoms with Crippen molar-refractivity contribution < 1.29 is 38.4 Å². The average Bonchev–Trinajstić information content (AvgIpc) is 3.40. The molecule has 228 valence electrons. The summed E-state index contributed by atoms with van der Waals surface area (Å²) in [5.41, 5.74) is 4.26. The van der Waals surface area contributed by atoms with E-state index >= 15 is 0 Å². The second-order valence-corrected chi connectivity index (χ2v) is 11.6. The number of nitrogens with one attached hydrogen (secondary N) is 1. The summed E-state index contributed by atoms with van der Waals surface area (Å²) in [5, 5.41) is 11.1. The van der Waals surface area contributed by atoms with E-state index in [2.05, 4.69) is 16.0 Å². The van der Waals surface area contributed by atoms with Crippen LogP contribution in [0.4, 0.5) is 0 Å². The Hall–Kier alpha value is -4.02. The second kappa shape index (κ2) is 11.9. The first-order valence-corrected chi connectivity index (χ1v) is 14.6. The Balaban J connectivity index is 1.24. The number of piperidine rings is 1. The molecule has 0 unspecified atom stereocenters.